The molecular formula is C22H24N2O3. The van der Waals surface area contributed by atoms with Gasteiger partial charge in [0.2, 0.25) is 0 Å². The number of aryl methyl sites for hydroxylation is 1. The van der Waals surface area contributed by atoms with Gasteiger partial charge in [0.1, 0.15) is 17.4 Å². The maximum Gasteiger partial charge on any atom is 0.289 e. The van der Waals surface area contributed by atoms with Crippen molar-refractivity contribution in [3.05, 3.63) is 59.9 Å². The van der Waals surface area contributed by atoms with E-state index in [2.05, 4.69) is 17.9 Å². The lowest BCUT2D eigenvalue weighted by atomic mass is 10.1. The van der Waals surface area contributed by atoms with E-state index in [0.29, 0.717) is 12.3 Å². The van der Waals surface area contributed by atoms with E-state index in [-0.39, 0.29) is 12.0 Å². The first kappa shape index (κ1) is 17.5. The van der Waals surface area contributed by atoms with Crippen LogP contribution in [0.5, 0.6) is 5.75 Å². The number of carbonyl (C=O) groups is 1. The van der Waals surface area contributed by atoms with Crippen molar-refractivity contribution < 1.29 is 13.9 Å². The molecule has 0 radical (unpaired) electrons. The average Bonchev–Trinajstić information content (AvgIpc) is 3.03. The van der Waals surface area contributed by atoms with Crippen molar-refractivity contribution in [2.75, 3.05) is 31.6 Å². The van der Waals surface area contributed by atoms with Crippen LogP contribution in [0.1, 0.15) is 23.0 Å². The number of amides is 1. The third-order valence-electron chi connectivity index (χ3n) is 5.17. The predicted molar refractivity (Wildman–Crippen MR) is 107 cm³/mol. The lowest BCUT2D eigenvalue weighted by Gasteiger charge is -2.37. The molecule has 3 aromatic rings. The summed E-state index contributed by atoms with van der Waals surface area (Å²) in [6, 6.07) is 15.8. The molecule has 1 aromatic heterocycles. The molecule has 0 aliphatic carbocycles. The first-order chi connectivity index (χ1) is 13.1. The first-order valence-electron chi connectivity index (χ1n) is 9.32. The Balaban J connectivity index is 1.52. The summed E-state index contributed by atoms with van der Waals surface area (Å²) in [6.07, 6.45) is -0.0847. The molecule has 0 fully saturated rings. The van der Waals surface area contributed by atoms with Crippen molar-refractivity contribution in [1.29, 1.82) is 0 Å². The smallest absolute Gasteiger partial charge is 0.289 e. The van der Waals surface area contributed by atoms with E-state index in [1.807, 2.05) is 49.4 Å². The molecule has 1 aliphatic rings. The first-order valence-corrected chi connectivity index (χ1v) is 9.32. The van der Waals surface area contributed by atoms with Gasteiger partial charge in [-0.25, -0.2) is 0 Å². The van der Waals surface area contributed by atoms with Crippen molar-refractivity contribution in [2.24, 2.45) is 0 Å². The van der Waals surface area contributed by atoms with E-state index >= 15 is 0 Å². The normalized spacial score (nSPS) is 16.1. The van der Waals surface area contributed by atoms with E-state index in [9.17, 15) is 4.79 Å². The van der Waals surface area contributed by atoms with Gasteiger partial charge in [-0.3, -0.25) is 4.79 Å². The molecule has 0 bridgehead atoms. The van der Waals surface area contributed by atoms with Gasteiger partial charge in [0.05, 0.1) is 18.8 Å². The summed E-state index contributed by atoms with van der Waals surface area (Å²) in [5.74, 6) is 1.16. The largest absolute Gasteiger partial charge is 0.485 e. The second-order valence-corrected chi connectivity index (χ2v) is 6.98. The number of rotatable bonds is 4. The Kier molecular flexibility index (Phi) is 4.52. The van der Waals surface area contributed by atoms with Crippen molar-refractivity contribution >= 4 is 22.6 Å². The van der Waals surface area contributed by atoms with Crippen molar-refractivity contribution in [3.8, 4) is 5.75 Å². The molecule has 0 N–H and O–H groups in total. The number of benzene rings is 2. The fourth-order valence-electron chi connectivity index (χ4n) is 3.71. The molecule has 0 spiro atoms. The van der Waals surface area contributed by atoms with Gasteiger partial charge in [0, 0.05) is 24.5 Å². The van der Waals surface area contributed by atoms with Gasteiger partial charge in [-0.2, -0.15) is 0 Å². The van der Waals surface area contributed by atoms with Crippen LogP contribution in [0.3, 0.4) is 0 Å². The maximum absolute atomic E-state index is 13.0. The zero-order valence-electron chi connectivity index (χ0n) is 15.9. The number of furan rings is 1. The molecule has 4 rings (SSSR count). The summed E-state index contributed by atoms with van der Waals surface area (Å²) < 4.78 is 12.0. The van der Waals surface area contributed by atoms with Gasteiger partial charge in [-0.15, -0.1) is 0 Å². The van der Waals surface area contributed by atoms with E-state index in [1.165, 1.54) is 0 Å². The third kappa shape index (κ3) is 3.14. The third-order valence-corrected chi connectivity index (χ3v) is 5.17. The molecule has 0 saturated carbocycles. The lowest BCUT2D eigenvalue weighted by Crippen LogP contribution is -2.46. The minimum absolute atomic E-state index is 0.0847. The number of ether oxygens (including phenoxy) is 1. The molecular weight excluding hydrogens is 340 g/mol. The summed E-state index contributed by atoms with van der Waals surface area (Å²) >= 11 is 0. The van der Waals surface area contributed by atoms with Crippen LogP contribution >= 0.6 is 0 Å². The monoisotopic (exact) mass is 364 g/mol. The Morgan fingerprint density at radius 3 is 2.70 bits per heavy atom. The second-order valence-electron chi connectivity index (χ2n) is 6.98. The average molecular weight is 364 g/mol. The fraction of sp³-hybridized carbons (Fsp3) is 0.318. The van der Waals surface area contributed by atoms with Gasteiger partial charge >= 0.3 is 0 Å². The van der Waals surface area contributed by atoms with Crippen molar-refractivity contribution in [1.82, 2.24) is 4.90 Å². The van der Waals surface area contributed by atoms with Gasteiger partial charge < -0.3 is 19.0 Å². The number of hydrogen-bond acceptors (Lipinski definition) is 4. The number of nitrogens with zero attached hydrogens (tertiary/aromatic N) is 2. The molecule has 2 aromatic carbocycles. The van der Waals surface area contributed by atoms with Crippen LogP contribution in [0.25, 0.3) is 11.0 Å². The van der Waals surface area contributed by atoms with Crippen molar-refractivity contribution in [3.63, 3.8) is 0 Å². The van der Waals surface area contributed by atoms with Crippen LogP contribution in [-0.2, 0) is 0 Å². The molecule has 5 nitrogen and oxygen atoms in total. The molecule has 1 aliphatic heterocycles. The Morgan fingerprint density at radius 1 is 1.19 bits per heavy atom. The van der Waals surface area contributed by atoms with E-state index in [4.69, 9.17) is 9.15 Å². The zero-order valence-corrected chi connectivity index (χ0v) is 15.9. The maximum atomic E-state index is 13.0. The second kappa shape index (κ2) is 6.99. The summed E-state index contributed by atoms with van der Waals surface area (Å²) in [5, 5.41) is 0.981. The van der Waals surface area contributed by atoms with Crippen LogP contribution in [0.2, 0.25) is 0 Å². The topological polar surface area (TPSA) is 45.9 Å². The number of likely N-dealkylation sites (N-methyl/N-ethyl adjacent to an activating group) is 2. The number of anilines is 1. The van der Waals surface area contributed by atoms with E-state index < -0.39 is 0 Å². The van der Waals surface area contributed by atoms with E-state index in [1.54, 1.807) is 11.9 Å². The standard InChI is InChI=1S/C22H24N2O3/c1-4-24-14-16(26-20-12-8-6-10-18(20)24)13-23(3)22(25)21-15(2)17-9-5-7-11-19(17)27-21/h5-12,16H,4,13-14H2,1-3H3/t16-/m0/s1. The molecule has 0 unspecified atom stereocenters. The summed E-state index contributed by atoms with van der Waals surface area (Å²) in [5.41, 5.74) is 2.73. The van der Waals surface area contributed by atoms with E-state index in [0.717, 1.165) is 41.1 Å². The Labute approximate surface area is 159 Å². The summed E-state index contributed by atoms with van der Waals surface area (Å²) in [4.78, 5) is 16.9. The number of fused-ring (bicyclic) bond motifs is 2. The van der Waals surface area contributed by atoms with Crippen LogP contribution in [0.15, 0.2) is 52.9 Å². The molecule has 1 atom stereocenters. The molecule has 2 heterocycles. The molecule has 140 valence electrons. The molecule has 1 amide bonds. The highest BCUT2D eigenvalue weighted by atomic mass is 16.5. The molecule has 27 heavy (non-hydrogen) atoms. The minimum atomic E-state index is -0.116. The van der Waals surface area contributed by atoms with Crippen LogP contribution in [0, 0.1) is 6.92 Å². The molecule has 0 saturated heterocycles. The Morgan fingerprint density at radius 2 is 1.93 bits per heavy atom. The van der Waals surface area contributed by atoms with Gasteiger partial charge in [-0.1, -0.05) is 30.3 Å². The van der Waals surface area contributed by atoms with Crippen LogP contribution in [-0.4, -0.2) is 43.6 Å². The zero-order chi connectivity index (χ0) is 19.0. The van der Waals surface area contributed by atoms with Gasteiger partial charge in [-0.05, 0) is 32.0 Å². The minimum Gasteiger partial charge on any atom is -0.485 e. The van der Waals surface area contributed by atoms with Gasteiger partial charge in [0.15, 0.2) is 5.76 Å². The highest BCUT2D eigenvalue weighted by molar-refractivity contribution is 5.98. The molecule has 5 heteroatoms. The number of hydrogen-bond donors (Lipinski definition) is 0. The number of para-hydroxylation sites is 3. The Bertz CT molecular complexity index is 979. The summed E-state index contributed by atoms with van der Waals surface area (Å²) in [7, 11) is 1.80. The van der Waals surface area contributed by atoms with Gasteiger partial charge in [0.25, 0.3) is 5.91 Å². The number of carbonyl (C=O) groups excluding carboxylic acids is 1. The van der Waals surface area contributed by atoms with Crippen LogP contribution in [0.4, 0.5) is 5.69 Å². The van der Waals surface area contributed by atoms with Crippen molar-refractivity contribution in [2.45, 2.75) is 20.0 Å². The Hall–Kier alpha value is -2.95. The predicted octanol–water partition coefficient (Wildman–Crippen LogP) is 4.10. The highest BCUT2D eigenvalue weighted by Crippen LogP contribution is 2.33. The SMILES string of the molecule is CCN1C[C@H](CN(C)C(=O)c2oc3ccccc3c2C)Oc2ccccc21. The van der Waals surface area contributed by atoms with Crippen LogP contribution < -0.4 is 9.64 Å². The highest BCUT2D eigenvalue weighted by Gasteiger charge is 2.28. The lowest BCUT2D eigenvalue weighted by molar-refractivity contribution is 0.0681. The fourth-order valence-corrected chi connectivity index (χ4v) is 3.71. The summed E-state index contributed by atoms with van der Waals surface area (Å²) in [6.45, 7) is 6.21. The quantitative estimate of drug-likeness (QED) is 0.699.